The summed E-state index contributed by atoms with van der Waals surface area (Å²) in [4.78, 5) is 34.6. The number of amides is 1. The van der Waals surface area contributed by atoms with Gasteiger partial charge in [0.25, 0.3) is 0 Å². The van der Waals surface area contributed by atoms with Crippen LogP contribution in [0, 0.1) is 5.92 Å². The van der Waals surface area contributed by atoms with E-state index in [2.05, 4.69) is 9.88 Å². The molecule has 7 rings (SSSR count). The lowest BCUT2D eigenvalue weighted by Crippen LogP contribution is -2.53. The number of carbonyl (C=O) groups excluding carboxylic acids is 2. The van der Waals surface area contributed by atoms with Crippen LogP contribution in [-0.4, -0.2) is 72.6 Å². The predicted octanol–water partition coefficient (Wildman–Crippen LogP) is 6.50. The summed E-state index contributed by atoms with van der Waals surface area (Å²) in [5, 5.41) is 22.2. The van der Waals surface area contributed by atoms with Crippen LogP contribution in [0.4, 0.5) is 10.5 Å². The van der Waals surface area contributed by atoms with Crippen molar-refractivity contribution in [2.45, 2.75) is 38.0 Å². The third-order valence-corrected chi connectivity index (χ3v) is 10.6. The number of pyridine rings is 1. The molecule has 0 aliphatic carbocycles. The zero-order valence-corrected chi connectivity index (χ0v) is 29.6. The summed E-state index contributed by atoms with van der Waals surface area (Å²) in [5.74, 6) is 0.0468. The van der Waals surface area contributed by atoms with E-state index < -0.39 is 18.2 Å². The largest absolute Gasteiger partial charge is 0.870 e. The van der Waals surface area contributed by atoms with Crippen LogP contribution in [0.15, 0.2) is 60.9 Å². The van der Waals surface area contributed by atoms with Crippen molar-refractivity contribution in [2.24, 2.45) is 5.92 Å². The number of nitrogens with one attached hydrogen (secondary N) is 1. The fraction of sp³-hybridized carbons (Fsp3) is 0.343. The first-order chi connectivity index (χ1) is 23.6. The normalized spacial score (nSPS) is 18.4. The molecule has 3 saturated heterocycles. The Labute approximate surface area is 303 Å². The number of anilines is 1. The third-order valence-electron chi connectivity index (χ3n) is 8.92. The number of phenolic OH excluding ortho intramolecular Hbond substituents is 2. The number of aromatic amines is 1. The van der Waals surface area contributed by atoms with Crippen LogP contribution in [0.25, 0.3) is 0 Å². The number of nitrogens with zero attached hydrogens (tertiary/aromatic N) is 2. The zero-order chi connectivity index (χ0) is 34.7. The quantitative estimate of drug-likeness (QED) is 0.162. The fourth-order valence-electron chi connectivity index (χ4n) is 6.32. The number of H-pyrrole nitrogens is 1. The van der Waals surface area contributed by atoms with Crippen molar-refractivity contribution < 1.29 is 49.2 Å². The van der Waals surface area contributed by atoms with Crippen LogP contribution >= 0.6 is 34.5 Å². The Morgan fingerprint density at radius 3 is 2.30 bits per heavy atom. The molecule has 3 fully saturated rings. The molecule has 15 heteroatoms. The average molecular weight is 747 g/mol. The number of ether oxygens (including phenoxy) is 4. The van der Waals surface area contributed by atoms with Gasteiger partial charge in [-0.2, -0.15) is 0 Å². The molecule has 0 spiro atoms. The lowest BCUT2D eigenvalue weighted by atomic mass is 9.86. The number of carbonyl (C=O) groups is 2. The van der Waals surface area contributed by atoms with Gasteiger partial charge in [0, 0.05) is 23.4 Å². The number of hydrogen-bond donors (Lipinski definition) is 2. The highest BCUT2D eigenvalue weighted by Crippen LogP contribution is 2.40. The molecule has 5 heterocycles. The number of para-hydroxylation sites is 1. The number of piperidine rings is 3. The SMILES string of the molecule is COc1ccc([C@H](Cc2c(Cl)c[nH+]cc2Cl)OC(=O)c2ccc(CN(C(=O)O[C@H]3CN4CCC3CC4)c3c(O)cccc3O)s2)cc1OC.[OH-]. The Bertz CT molecular complexity index is 1790. The molecule has 2 aromatic carbocycles. The molecule has 50 heavy (non-hydrogen) atoms. The molecular weight excluding hydrogens is 709 g/mol. The molecule has 0 unspecified atom stereocenters. The first-order valence-electron chi connectivity index (χ1n) is 15.7. The Balaban J connectivity index is 0.00000486. The molecule has 3 aliphatic rings. The molecule has 2 bridgehead atoms. The second kappa shape index (κ2) is 16.2. The van der Waals surface area contributed by atoms with Crippen LogP contribution in [0.1, 0.15) is 44.6 Å². The third kappa shape index (κ3) is 8.03. The maximum atomic E-state index is 13.7. The van der Waals surface area contributed by atoms with Crippen molar-refractivity contribution in [1.82, 2.24) is 4.90 Å². The number of esters is 1. The fourth-order valence-corrected chi connectivity index (χ4v) is 7.73. The van der Waals surface area contributed by atoms with Gasteiger partial charge < -0.3 is 34.6 Å². The summed E-state index contributed by atoms with van der Waals surface area (Å²) in [6, 6.07) is 12.8. The van der Waals surface area contributed by atoms with Gasteiger partial charge in [-0.15, -0.1) is 11.3 Å². The van der Waals surface area contributed by atoms with Gasteiger partial charge in [-0.1, -0.05) is 35.3 Å². The van der Waals surface area contributed by atoms with Crippen molar-refractivity contribution >= 4 is 52.3 Å². The molecule has 4 N–H and O–H groups in total. The van der Waals surface area contributed by atoms with Crippen LogP contribution in [0.2, 0.25) is 10.0 Å². The van der Waals surface area contributed by atoms with Gasteiger partial charge in [0.15, 0.2) is 23.9 Å². The van der Waals surface area contributed by atoms with E-state index in [1.54, 1.807) is 42.7 Å². The van der Waals surface area contributed by atoms with Crippen LogP contribution in [-0.2, 0) is 22.4 Å². The number of phenols is 2. The molecule has 4 aromatic rings. The number of thiophene rings is 1. The maximum absolute atomic E-state index is 13.7. The number of fused-ring (bicyclic) bond motifs is 3. The van der Waals surface area contributed by atoms with Gasteiger partial charge in [-0.3, -0.25) is 9.80 Å². The summed E-state index contributed by atoms with van der Waals surface area (Å²) in [7, 11) is 3.05. The first kappa shape index (κ1) is 37.0. The highest BCUT2D eigenvalue weighted by atomic mass is 35.5. The standard InChI is InChI=1S/C35H35Cl2N3O8S.H2O/c1-45-28-8-6-21(14-30(28)46-2)29(15-23-24(36)16-38-17-25(23)37)47-34(43)32-9-7-22(49-32)18-40(33-26(41)4-3-5-27(33)42)35(44)48-31-19-39-12-10-20(31)11-13-39;/h3-9,14,16-17,20,29,31,41-42H,10-13,15,18-19H2,1-2H3;1H2/t29-,31-;/m0./s1. The summed E-state index contributed by atoms with van der Waals surface area (Å²) < 4.78 is 22.9. The Morgan fingerprint density at radius 1 is 1.00 bits per heavy atom. The first-order valence-corrected chi connectivity index (χ1v) is 17.3. The summed E-state index contributed by atoms with van der Waals surface area (Å²) in [5.41, 5.74) is 1.13. The van der Waals surface area contributed by atoms with Crippen LogP contribution in [0.3, 0.4) is 0 Å². The van der Waals surface area contributed by atoms with Gasteiger partial charge >= 0.3 is 12.1 Å². The topological polar surface area (TPSA) is 162 Å². The number of hydrogen-bond acceptors (Lipinski definition) is 11. The molecule has 3 aliphatic heterocycles. The van der Waals surface area contributed by atoms with Crippen LogP contribution < -0.4 is 19.4 Å². The van der Waals surface area contributed by atoms with Crippen LogP contribution in [0.5, 0.6) is 23.0 Å². The Hall–Kier alpha value is -4.27. The minimum Gasteiger partial charge on any atom is -0.870 e. The Morgan fingerprint density at radius 2 is 1.68 bits per heavy atom. The lowest BCUT2D eigenvalue weighted by Gasteiger charge is -2.44. The van der Waals surface area contributed by atoms with Crippen molar-refractivity contribution in [3.05, 3.63) is 91.9 Å². The van der Waals surface area contributed by atoms with E-state index >= 15 is 0 Å². The van der Waals surface area contributed by atoms with E-state index in [1.807, 2.05) is 0 Å². The number of methoxy groups -OCH3 is 2. The molecule has 2 aromatic heterocycles. The molecule has 12 nitrogen and oxygen atoms in total. The second-order valence-electron chi connectivity index (χ2n) is 11.9. The highest BCUT2D eigenvalue weighted by Gasteiger charge is 2.38. The van der Waals surface area contributed by atoms with E-state index in [4.69, 9.17) is 42.1 Å². The van der Waals surface area contributed by atoms with E-state index in [0.717, 1.165) is 37.3 Å². The number of aromatic hydroxyl groups is 2. The molecule has 2 atom stereocenters. The van der Waals surface area contributed by atoms with Gasteiger partial charge in [0.2, 0.25) is 0 Å². The minimum atomic E-state index is -0.818. The Kier molecular flexibility index (Phi) is 12.0. The smallest absolute Gasteiger partial charge is 0.415 e. The molecule has 1 amide bonds. The number of halogens is 2. The van der Waals surface area contributed by atoms with Gasteiger partial charge in [-0.25, -0.2) is 14.6 Å². The minimum absolute atomic E-state index is 0. The highest BCUT2D eigenvalue weighted by molar-refractivity contribution is 7.14. The number of benzene rings is 2. The van der Waals surface area contributed by atoms with E-state index in [0.29, 0.717) is 44.1 Å². The van der Waals surface area contributed by atoms with Crippen molar-refractivity contribution in [2.75, 3.05) is 38.8 Å². The van der Waals surface area contributed by atoms with Crippen molar-refractivity contribution in [3.63, 3.8) is 0 Å². The van der Waals surface area contributed by atoms with E-state index in [9.17, 15) is 19.8 Å². The number of aromatic nitrogens is 1. The maximum Gasteiger partial charge on any atom is 0.415 e. The van der Waals surface area contributed by atoms with Gasteiger partial charge in [0.1, 0.15) is 44.3 Å². The molecule has 0 radical (unpaired) electrons. The van der Waals surface area contributed by atoms with Crippen molar-refractivity contribution in [1.29, 1.82) is 0 Å². The van der Waals surface area contributed by atoms with Gasteiger partial charge in [-0.05, 0) is 73.8 Å². The average Bonchev–Trinajstić information content (AvgIpc) is 3.58. The predicted molar refractivity (Wildman–Crippen MR) is 186 cm³/mol. The molecular formula is C35H37Cl2N3O9S. The van der Waals surface area contributed by atoms with E-state index in [1.165, 1.54) is 37.3 Å². The monoisotopic (exact) mass is 745 g/mol. The van der Waals surface area contributed by atoms with Crippen molar-refractivity contribution in [3.8, 4) is 23.0 Å². The molecule has 266 valence electrons. The number of rotatable bonds is 11. The lowest BCUT2D eigenvalue weighted by molar-refractivity contribution is -0.377. The summed E-state index contributed by atoms with van der Waals surface area (Å²) in [6.07, 6.45) is 3.43. The van der Waals surface area contributed by atoms with Gasteiger partial charge in [0.05, 0.1) is 20.8 Å². The second-order valence-corrected chi connectivity index (χ2v) is 13.9. The van der Waals surface area contributed by atoms with E-state index in [-0.39, 0.29) is 52.5 Å². The summed E-state index contributed by atoms with van der Waals surface area (Å²) in [6.45, 7) is 2.53. The summed E-state index contributed by atoms with van der Waals surface area (Å²) >= 11 is 14.1. The zero-order valence-electron chi connectivity index (χ0n) is 27.3. The molecule has 0 saturated carbocycles.